The fourth-order valence-corrected chi connectivity index (χ4v) is 2.64. The van der Waals surface area contributed by atoms with Crippen molar-refractivity contribution >= 4 is 46.0 Å². The van der Waals surface area contributed by atoms with Gasteiger partial charge in [-0.25, -0.2) is 19.9 Å². The summed E-state index contributed by atoms with van der Waals surface area (Å²) in [6, 6.07) is 13.7. The third-order valence-corrected chi connectivity index (χ3v) is 4.31. The Balaban J connectivity index is 0.000000181. The van der Waals surface area contributed by atoms with Crippen molar-refractivity contribution in [3.63, 3.8) is 0 Å². The largest absolute Gasteiger partial charge is 0.384 e. The molecule has 0 bridgehead atoms. The van der Waals surface area contributed by atoms with Gasteiger partial charge in [-0.1, -0.05) is 35.3 Å². The summed E-state index contributed by atoms with van der Waals surface area (Å²) in [4.78, 5) is 22.3. The molecule has 0 saturated carbocycles. The molecule has 32 heavy (non-hydrogen) atoms. The molecule has 0 amide bonds. The number of halogens is 2. The minimum atomic E-state index is -0.539. The zero-order chi connectivity index (χ0) is 23.1. The minimum Gasteiger partial charge on any atom is -0.336 e. The van der Waals surface area contributed by atoms with Crippen molar-refractivity contribution < 1.29 is 9.05 Å². The first-order valence-electron chi connectivity index (χ1n) is 9.04. The molecule has 12 heteroatoms. The van der Waals surface area contributed by atoms with E-state index in [1.807, 2.05) is 0 Å². The lowest BCUT2D eigenvalue weighted by atomic mass is 10.3. The second-order valence-electron chi connectivity index (χ2n) is 6.29. The molecule has 0 atom stereocenters. The Morgan fingerprint density at radius 3 is 1.41 bits per heavy atom. The first kappa shape index (κ1) is 22.9. The Morgan fingerprint density at radius 2 is 1.09 bits per heavy atom. The molecule has 0 spiro atoms. The molecule has 0 radical (unpaired) electrons. The number of azo groups is 2. The van der Waals surface area contributed by atoms with E-state index >= 15 is 0 Å². The van der Waals surface area contributed by atoms with Gasteiger partial charge in [-0.2, -0.15) is 10.2 Å². The molecule has 0 saturated heterocycles. The lowest BCUT2D eigenvalue weighted by Crippen LogP contribution is -1.89. The monoisotopic (exact) mass is 474 g/mol. The van der Waals surface area contributed by atoms with Gasteiger partial charge in [0.1, 0.15) is 0 Å². The number of rotatable bonds is 4. The summed E-state index contributed by atoms with van der Waals surface area (Å²) in [6.45, 7) is 3.36. The molecule has 0 aliphatic rings. The highest BCUT2D eigenvalue weighted by atomic mass is 35.5. The number of aryl methyl sites for hydroxylation is 2. The van der Waals surface area contributed by atoms with Crippen LogP contribution in [-0.4, -0.2) is 10.3 Å². The van der Waals surface area contributed by atoms with E-state index in [2.05, 4.69) is 39.8 Å². The zero-order valence-corrected chi connectivity index (χ0v) is 18.3. The van der Waals surface area contributed by atoms with E-state index in [0.29, 0.717) is 32.8 Å². The van der Waals surface area contributed by atoms with E-state index in [0.717, 1.165) is 0 Å². The molecule has 10 nitrogen and oxygen atoms in total. The van der Waals surface area contributed by atoms with Crippen molar-refractivity contribution in [3.8, 4) is 0 Å². The second kappa shape index (κ2) is 10.5. The van der Waals surface area contributed by atoms with Crippen molar-refractivity contribution in [2.45, 2.75) is 13.8 Å². The fourth-order valence-electron chi connectivity index (χ4n) is 2.27. The Bertz CT molecular complexity index is 1280. The standard InChI is InChI=1S/2C10H8ClN3O2/c2*1-6-9(10(15)16-14-6)13-12-8-4-2-3-7(11)5-8/h2*2-5,14H,1H3. The third-order valence-electron chi connectivity index (χ3n) is 3.84. The molecule has 0 aliphatic heterocycles. The number of aromatic amines is 2. The van der Waals surface area contributed by atoms with Crippen molar-refractivity contribution in [1.82, 2.24) is 10.3 Å². The summed E-state index contributed by atoms with van der Waals surface area (Å²) >= 11 is 11.6. The third kappa shape index (κ3) is 6.13. The quantitative estimate of drug-likeness (QED) is 0.317. The molecule has 2 N–H and O–H groups in total. The molecule has 0 unspecified atom stereocenters. The van der Waals surface area contributed by atoms with Crippen LogP contribution in [0, 0.1) is 13.8 Å². The number of nitrogens with one attached hydrogen (secondary N) is 2. The Morgan fingerprint density at radius 1 is 0.688 bits per heavy atom. The maximum atomic E-state index is 11.2. The number of hydrogen-bond acceptors (Lipinski definition) is 8. The summed E-state index contributed by atoms with van der Waals surface area (Å²) in [5.41, 5.74) is 1.48. The van der Waals surface area contributed by atoms with Crippen LogP contribution in [0.3, 0.4) is 0 Å². The molecule has 0 aliphatic carbocycles. The first-order chi connectivity index (χ1) is 15.3. The molecule has 2 heterocycles. The van der Waals surface area contributed by atoms with Gasteiger partial charge in [-0.15, -0.1) is 10.2 Å². The zero-order valence-electron chi connectivity index (χ0n) is 16.8. The summed E-state index contributed by atoms with van der Waals surface area (Å²) < 4.78 is 9.09. The lowest BCUT2D eigenvalue weighted by molar-refractivity contribution is 0.387. The molecule has 164 valence electrons. The van der Waals surface area contributed by atoms with Gasteiger partial charge in [0.2, 0.25) is 0 Å². The Hall–Kier alpha value is -3.76. The average Bonchev–Trinajstić information content (AvgIpc) is 3.26. The maximum Gasteiger partial charge on any atom is 0.384 e. The van der Waals surface area contributed by atoms with Crippen LogP contribution in [-0.2, 0) is 0 Å². The highest BCUT2D eigenvalue weighted by Gasteiger charge is 2.07. The highest BCUT2D eigenvalue weighted by Crippen LogP contribution is 2.22. The van der Waals surface area contributed by atoms with Crippen molar-refractivity contribution in [3.05, 3.63) is 90.8 Å². The molecule has 0 fully saturated rings. The van der Waals surface area contributed by atoms with Gasteiger partial charge >= 0.3 is 11.3 Å². The summed E-state index contributed by atoms with van der Waals surface area (Å²) in [6.07, 6.45) is 0. The van der Waals surface area contributed by atoms with Crippen LogP contribution in [0.4, 0.5) is 22.7 Å². The Labute approximate surface area is 190 Å². The van der Waals surface area contributed by atoms with Crippen LogP contribution in [0.5, 0.6) is 0 Å². The van der Waals surface area contributed by atoms with Crippen LogP contribution in [0.1, 0.15) is 11.4 Å². The number of aromatic nitrogens is 2. The van der Waals surface area contributed by atoms with Crippen molar-refractivity contribution in [1.29, 1.82) is 0 Å². The molecular formula is C20H16Cl2N6O4. The van der Waals surface area contributed by atoms with Gasteiger partial charge in [0.05, 0.1) is 22.8 Å². The highest BCUT2D eigenvalue weighted by molar-refractivity contribution is 6.31. The van der Waals surface area contributed by atoms with Gasteiger partial charge in [-0.05, 0) is 50.2 Å². The van der Waals surface area contributed by atoms with Crippen LogP contribution in [0.15, 0.2) is 87.6 Å². The molecule has 4 aromatic rings. The molecule has 4 rings (SSSR count). The van der Waals surface area contributed by atoms with Crippen LogP contribution >= 0.6 is 23.2 Å². The van der Waals surface area contributed by atoms with Crippen LogP contribution < -0.4 is 11.3 Å². The summed E-state index contributed by atoms with van der Waals surface area (Å²) in [5.74, 6) is 0. The second-order valence-corrected chi connectivity index (χ2v) is 7.16. The van der Waals surface area contributed by atoms with Gasteiger partial charge in [0.15, 0.2) is 11.4 Å². The van der Waals surface area contributed by atoms with Gasteiger partial charge in [-0.3, -0.25) is 0 Å². The SMILES string of the molecule is Cc1[nH]oc(=O)c1N=Nc1cccc(Cl)c1.Cc1[nH]oc(=O)c1N=Nc1cccc(Cl)c1. The lowest BCUT2D eigenvalue weighted by Gasteiger charge is -1.91. The smallest absolute Gasteiger partial charge is 0.336 e. The van der Waals surface area contributed by atoms with Crippen molar-refractivity contribution in [2.24, 2.45) is 20.5 Å². The van der Waals surface area contributed by atoms with Gasteiger partial charge < -0.3 is 9.05 Å². The van der Waals surface area contributed by atoms with Gasteiger partial charge in [0, 0.05) is 10.0 Å². The average molecular weight is 475 g/mol. The predicted molar refractivity (Wildman–Crippen MR) is 119 cm³/mol. The predicted octanol–water partition coefficient (Wildman–Crippen LogP) is 6.69. The van der Waals surface area contributed by atoms with E-state index in [4.69, 9.17) is 23.2 Å². The molecule has 2 aromatic heterocycles. The van der Waals surface area contributed by atoms with E-state index in [1.54, 1.807) is 62.4 Å². The van der Waals surface area contributed by atoms with E-state index in [-0.39, 0.29) is 11.4 Å². The first-order valence-corrected chi connectivity index (χ1v) is 9.80. The topological polar surface area (TPSA) is 141 Å². The van der Waals surface area contributed by atoms with Crippen LogP contribution in [0.2, 0.25) is 10.0 Å². The fraction of sp³-hybridized carbons (Fsp3) is 0.100. The van der Waals surface area contributed by atoms with Gasteiger partial charge in [0.25, 0.3) is 0 Å². The molecular weight excluding hydrogens is 459 g/mol. The van der Waals surface area contributed by atoms with Crippen molar-refractivity contribution in [2.75, 3.05) is 0 Å². The van der Waals surface area contributed by atoms with Crippen LogP contribution in [0.25, 0.3) is 0 Å². The minimum absolute atomic E-state index is 0.167. The number of hydrogen-bond donors (Lipinski definition) is 2. The maximum absolute atomic E-state index is 11.2. The van der Waals surface area contributed by atoms with E-state index < -0.39 is 11.3 Å². The number of H-pyrrole nitrogens is 2. The number of benzene rings is 2. The number of nitrogens with zero attached hydrogens (tertiary/aromatic N) is 4. The summed E-state index contributed by atoms with van der Waals surface area (Å²) in [5, 5.41) is 21.4. The normalized spacial score (nSPS) is 11.1. The Kier molecular flexibility index (Phi) is 7.53. The van der Waals surface area contributed by atoms with E-state index in [1.165, 1.54) is 0 Å². The summed E-state index contributed by atoms with van der Waals surface area (Å²) in [7, 11) is 0. The molecule has 2 aromatic carbocycles. The van der Waals surface area contributed by atoms with E-state index in [9.17, 15) is 9.59 Å².